The third-order valence-corrected chi connectivity index (χ3v) is 8.30. The van der Waals surface area contributed by atoms with Gasteiger partial charge < -0.3 is 18.9 Å². The third-order valence-electron chi connectivity index (χ3n) is 7.61. The zero-order valence-electron chi connectivity index (χ0n) is 22.6. The van der Waals surface area contributed by atoms with Crippen molar-refractivity contribution in [1.29, 1.82) is 0 Å². The molecule has 6 nitrogen and oxygen atoms in total. The average molecular weight is 631 g/mol. The van der Waals surface area contributed by atoms with E-state index in [-0.39, 0.29) is 43.1 Å². The number of rotatable bonds is 7. The lowest BCUT2D eigenvalue weighted by Gasteiger charge is -2.36. The lowest BCUT2D eigenvalue weighted by atomic mass is 9.74. The predicted molar refractivity (Wildman–Crippen MR) is 142 cm³/mol. The standard InChI is InChI=1S/C16H18F2O3.C13H13BrF2O3/c1-20-14-6-12(10-7-16(17,18)8-10)11(9-3-4-9)5-13(14)15(19)21-2;1-18-11-4-8(7-5-13(15,16)6-7)10(14)3-9(11)12(17)19-2/h5-6,9-10H,3-4,7-8H2,1-2H3;3-4,7H,5-6H2,1-2H3. The van der Waals surface area contributed by atoms with Gasteiger partial charge in [-0.05, 0) is 71.6 Å². The number of carbonyl (C=O) groups is 2. The van der Waals surface area contributed by atoms with Crippen LogP contribution in [0.3, 0.4) is 0 Å². The molecular weight excluding hydrogens is 600 g/mol. The molecule has 0 N–H and O–H groups in total. The first-order valence-corrected chi connectivity index (χ1v) is 13.6. The number of alkyl halides is 4. The highest BCUT2D eigenvalue weighted by Gasteiger charge is 2.48. The summed E-state index contributed by atoms with van der Waals surface area (Å²) in [5, 5.41) is 0. The van der Waals surface area contributed by atoms with Crippen molar-refractivity contribution < 1.29 is 46.1 Å². The summed E-state index contributed by atoms with van der Waals surface area (Å²) in [6.45, 7) is 0. The average Bonchev–Trinajstić information content (AvgIpc) is 3.74. The van der Waals surface area contributed by atoms with Crippen molar-refractivity contribution in [2.45, 2.75) is 68.1 Å². The first-order valence-electron chi connectivity index (χ1n) is 12.8. The molecule has 3 aliphatic carbocycles. The van der Waals surface area contributed by atoms with Gasteiger partial charge in [0.25, 0.3) is 0 Å². The molecule has 5 rings (SSSR count). The van der Waals surface area contributed by atoms with E-state index in [1.807, 2.05) is 0 Å². The van der Waals surface area contributed by atoms with Gasteiger partial charge in [0.1, 0.15) is 22.6 Å². The van der Waals surface area contributed by atoms with Crippen molar-refractivity contribution in [3.05, 3.63) is 56.6 Å². The molecule has 0 radical (unpaired) electrons. The van der Waals surface area contributed by atoms with Crippen LogP contribution in [0.2, 0.25) is 0 Å². The first-order chi connectivity index (χ1) is 18.8. The predicted octanol–water partition coefficient (Wildman–Crippen LogP) is 7.63. The van der Waals surface area contributed by atoms with Crippen molar-refractivity contribution in [3.63, 3.8) is 0 Å². The fraction of sp³-hybridized carbons (Fsp3) is 0.517. The first kappa shape index (κ1) is 30.1. The lowest BCUT2D eigenvalue weighted by molar-refractivity contribution is -0.0875. The molecule has 3 fully saturated rings. The van der Waals surface area contributed by atoms with Crippen LogP contribution >= 0.6 is 15.9 Å². The van der Waals surface area contributed by atoms with Crippen LogP contribution in [0.25, 0.3) is 0 Å². The van der Waals surface area contributed by atoms with Crippen LogP contribution in [-0.4, -0.2) is 52.2 Å². The Morgan fingerprint density at radius 3 is 1.48 bits per heavy atom. The van der Waals surface area contributed by atoms with Crippen LogP contribution in [-0.2, 0) is 9.47 Å². The summed E-state index contributed by atoms with van der Waals surface area (Å²) in [5.74, 6) is -5.37. The Kier molecular flexibility index (Phi) is 8.73. The molecule has 0 saturated heterocycles. The molecule has 3 saturated carbocycles. The van der Waals surface area contributed by atoms with Gasteiger partial charge in [-0.2, -0.15) is 0 Å². The maximum absolute atomic E-state index is 13.2. The summed E-state index contributed by atoms with van der Waals surface area (Å²) in [6, 6.07) is 6.70. The molecule has 0 heterocycles. The van der Waals surface area contributed by atoms with Gasteiger partial charge in [0.15, 0.2) is 0 Å². The highest BCUT2D eigenvalue weighted by Crippen LogP contribution is 2.54. The molecule has 2 aromatic carbocycles. The molecular formula is C29H31BrF4O6. The highest BCUT2D eigenvalue weighted by molar-refractivity contribution is 9.10. The van der Waals surface area contributed by atoms with E-state index in [0.29, 0.717) is 27.5 Å². The fourth-order valence-corrected chi connectivity index (χ4v) is 5.90. The largest absolute Gasteiger partial charge is 0.496 e. The Morgan fingerprint density at radius 2 is 1.07 bits per heavy atom. The number of hydrogen-bond acceptors (Lipinski definition) is 6. The molecule has 0 unspecified atom stereocenters. The molecule has 40 heavy (non-hydrogen) atoms. The summed E-state index contributed by atoms with van der Waals surface area (Å²) < 4.78 is 72.6. The number of esters is 2. The van der Waals surface area contributed by atoms with E-state index < -0.39 is 23.8 Å². The SMILES string of the molecule is COC(=O)c1cc(Br)c(C2CC(F)(F)C2)cc1OC.COC(=O)c1cc(C2CC2)c(C2CC(F)(F)C2)cc1OC. The number of halogens is 5. The minimum atomic E-state index is -2.58. The van der Waals surface area contributed by atoms with Crippen molar-refractivity contribution in [3.8, 4) is 11.5 Å². The van der Waals surface area contributed by atoms with Gasteiger partial charge >= 0.3 is 11.9 Å². The smallest absolute Gasteiger partial charge is 0.341 e. The van der Waals surface area contributed by atoms with Crippen molar-refractivity contribution in [2.24, 2.45) is 0 Å². The Labute approximate surface area is 238 Å². The van der Waals surface area contributed by atoms with Crippen molar-refractivity contribution in [1.82, 2.24) is 0 Å². The van der Waals surface area contributed by atoms with Gasteiger partial charge in [0.05, 0.1) is 28.4 Å². The van der Waals surface area contributed by atoms with Gasteiger partial charge in [-0.3, -0.25) is 0 Å². The number of hydrogen-bond donors (Lipinski definition) is 0. The molecule has 3 aliphatic rings. The topological polar surface area (TPSA) is 71.1 Å². The zero-order chi connectivity index (χ0) is 29.4. The van der Waals surface area contributed by atoms with Gasteiger partial charge in [-0.1, -0.05) is 15.9 Å². The lowest BCUT2D eigenvalue weighted by Crippen LogP contribution is -2.34. The molecule has 0 spiro atoms. The van der Waals surface area contributed by atoms with E-state index in [9.17, 15) is 27.2 Å². The van der Waals surface area contributed by atoms with Crippen LogP contribution < -0.4 is 9.47 Å². The summed E-state index contributed by atoms with van der Waals surface area (Å²) in [6.07, 6.45) is 1.51. The Morgan fingerprint density at radius 1 is 0.675 bits per heavy atom. The van der Waals surface area contributed by atoms with Gasteiger partial charge in [-0.25, -0.2) is 27.2 Å². The fourth-order valence-electron chi connectivity index (χ4n) is 5.23. The number of carbonyl (C=O) groups excluding carboxylic acids is 2. The zero-order valence-corrected chi connectivity index (χ0v) is 24.2. The van der Waals surface area contributed by atoms with E-state index in [2.05, 4.69) is 20.7 Å². The normalized spacial score (nSPS) is 19.3. The van der Waals surface area contributed by atoms with Crippen LogP contribution in [0.1, 0.15) is 93.7 Å². The van der Waals surface area contributed by atoms with Crippen molar-refractivity contribution in [2.75, 3.05) is 28.4 Å². The van der Waals surface area contributed by atoms with E-state index in [4.69, 9.17) is 14.2 Å². The van der Waals surface area contributed by atoms with Crippen LogP contribution in [0.5, 0.6) is 11.5 Å². The number of benzene rings is 2. The van der Waals surface area contributed by atoms with E-state index >= 15 is 0 Å². The van der Waals surface area contributed by atoms with Gasteiger partial charge in [0, 0.05) is 30.2 Å². The Balaban J connectivity index is 0.000000186. The van der Waals surface area contributed by atoms with Gasteiger partial charge in [-0.15, -0.1) is 0 Å². The Bertz CT molecular complexity index is 1280. The highest BCUT2D eigenvalue weighted by atomic mass is 79.9. The molecule has 0 bridgehead atoms. The summed E-state index contributed by atoms with van der Waals surface area (Å²) in [7, 11) is 5.49. The van der Waals surface area contributed by atoms with Crippen molar-refractivity contribution >= 4 is 27.9 Å². The molecule has 218 valence electrons. The number of ether oxygens (including phenoxy) is 4. The minimum absolute atomic E-state index is 0.118. The second-order valence-electron chi connectivity index (χ2n) is 10.4. The minimum Gasteiger partial charge on any atom is -0.496 e. The maximum atomic E-state index is 13.2. The van der Waals surface area contributed by atoms with Crippen LogP contribution in [0.15, 0.2) is 28.7 Å². The van der Waals surface area contributed by atoms with E-state index in [1.165, 1.54) is 28.4 Å². The Hall–Kier alpha value is -2.82. The molecule has 0 atom stereocenters. The molecule has 2 aromatic rings. The quantitative estimate of drug-likeness (QED) is 0.231. The van der Waals surface area contributed by atoms with Gasteiger partial charge in [0.2, 0.25) is 11.8 Å². The van der Waals surface area contributed by atoms with Crippen LogP contribution in [0.4, 0.5) is 17.6 Å². The van der Waals surface area contributed by atoms with Crippen LogP contribution in [0, 0.1) is 0 Å². The summed E-state index contributed by atoms with van der Waals surface area (Å²) >= 11 is 3.31. The van der Waals surface area contributed by atoms with E-state index in [1.54, 1.807) is 24.3 Å². The summed E-state index contributed by atoms with van der Waals surface area (Å²) in [4.78, 5) is 23.4. The van der Waals surface area contributed by atoms with E-state index in [0.717, 1.165) is 29.5 Å². The summed E-state index contributed by atoms with van der Waals surface area (Å²) in [5.41, 5.74) is 3.29. The molecule has 0 aliphatic heterocycles. The monoisotopic (exact) mass is 630 g/mol. The molecule has 0 amide bonds. The molecule has 0 aromatic heterocycles. The second kappa shape index (κ2) is 11.6. The third kappa shape index (κ3) is 6.39. The maximum Gasteiger partial charge on any atom is 0.341 e. The second-order valence-corrected chi connectivity index (χ2v) is 11.3. The number of methoxy groups -OCH3 is 4. The molecule has 11 heteroatoms.